The van der Waals surface area contributed by atoms with Gasteiger partial charge >= 0.3 is 0 Å². The molecule has 0 N–H and O–H groups in total. The number of hydrogen-bond donors (Lipinski definition) is 0. The molecule has 1 aliphatic carbocycles. The molecule has 0 saturated carbocycles. The molecule has 1 aromatic rings. The quantitative estimate of drug-likeness (QED) is 0.748. The fourth-order valence-corrected chi connectivity index (χ4v) is 3.34. The van der Waals surface area contributed by atoms with Gasteiger partial charge in [-0.05, 0) is 69.0 Å². The van der Waals surface area contributed by atoms with Gasteiger partial charge < -0.3 is 14.5 Å². The van der Waals surface area contributed by atoms with Gasteiger partial charge in [-0.1, -0.05) is 6.07 Å². The molecule has 0 spiro atoms. The largest absolute Gasteiger partial charge is 0.494 e. The van der Waals surface area contributed by atoms with Gasteiger partial charge in [-0.15, -0.1) is 0 Å². The van der Waals surface area contributed by atoms with Gasteiger partial charge in [0.2, 0.25) is 0 Å². The lowest BCUT2D eigenvalue weighted by atomic mass is 10.1. The molecule has 1 aromatic carbocycles. The molecule has 0 amide bonds. The third kappa shape index (κ3) is 4.21. The van der Waals surface area contributed by atoms with Crippen molar-refractivity contribution in [2.24, 2.45) is 0 Å². The average Bonchev–Trinajstić information content (AvgIpc) is 2.96. The lowest BCUT2D eigenvalue weighted by molar-refractivity contribution is 0.150. The van der Waals surface area contributed by atoms with Crippen molar-refractivity contribution in [2.75, 3.05) is 46.4 Å². The molecule has 0 bridgehead atoms. The molecule has 0 atom stereocenters. The molecule has 3 rings (SSSR count). The van der Waals surface area contributed by atoms with Crippen molar-refractivity contribution >= 4 is 0 Å². The Hall–Kier alpha value is -1.06. The first-order chi connectivity index (χ1) is 10.3. The zero-order valence-electron chi connectivity index (χ0n) is 13.3. The zero-order chi connectivity index (χ0) is 14.5. The predicted octanol–water partition coefficient (Wildman–Crippen LogP) is 2.58. The van der Waals surface area contributed by atoms with E-state index in [2.05, 4.69) is 35.0 Å². The molecule has 0 radical (unpaired) electrons. The number of rotatable bonds is 6. The second kappa shape index (κ2) is 7.28. The average molecular weight is 288 g/mol. The van der Waals surface area contributed by atoms with E-state index in [1.165, 1.54) is 69.5 Å². The van der Waals surface area contributed by atoms with Crippen LogP contribution in [0.25, 0.3) is 0 Å². The summed E-state index contributed by atoms with van der Waals surface area (Å²) in [6, 6.07) is 6.65. The van der Waals surface area contributed by atoms with Crippen molar-refractivity contribution in [3.05, 3.63) is 29.3 Å². The topological polar surface area (TPSA) is 15.7 Å². The summed E-state index contributed by atoms with van der Waals surface area (Å²) in [7, 11) is 2.21. The number of likely N-dealkylation sites (N-methyl/N-ethyl adjacent to an activating group) is 1. The van der Waals surface area contributed by atoms with Crippen LogP contribution in [-0.2, 0) is 12.8 Å². The van der Waals surface area contributed by atoms with Gasteiger partial charge in [0.1, 0.15) is 5.75 Å². The highest BCUT2D eigenvalue weighted by atomic mass is 16.5. The van der Waals surface area contributed by atoms with Crippen molar-refractivity contribution in [3.63, 3.8) is 0 Å². The van der Waals surface area contributed by atoms with Gasteiger partial charge in [0, 0.05) is 26.2 Å². The van der Waals surface area contributed by atoms with Crippen LogP contribution in [0, 0.1) is 0 Å². The Morgan fingerprint density at radius 1 is 1.00 bits per heavy atom. The van der Waals surface area contributed by atoms with E-state index in [9.17, 15) is 0 Å². The number of hydrogen-bond acceptors (Lipinski definition) is 3. The molecule has 3 heteroatoms. The first-order valence-corrected chi connectivity index (χ1v) is 8.47. The normalized spacial score (nSPS) is 19.7. The van der Waals surface area contributed by atoms with Crippen LogP contribution in [-0.4, -0.2) is 56.2 Å². The van der Waals surface area contributed by atoms with Crippen LogP contribution in [0.15, 0.2) is 18.2 Å². The van der Waals surface area contributed by atoms with Crippen LogP contribution in [0.4, 0.5) is 0 Å². The minimum absolute atomic E-state index is 0.854. The minimum atomic E-state index is 0.854. The van der Waals surface area contributed by atoms with Gasteiger partial charge in [-0.2, -0.15) is 0 Å². The number of benzene rings is 1. The van der Waals surface area contributed by atoms with E-state index in [1.807, 2.05) is 0 Å². The molecular weight excluding hydrogens is 260 g/mol. The third-order valence-corrected chi connectivity index (χ3v) is 4.80. The molecule has 21 heavy (non-hydrogen) atoms. The summed E-state index contributed by atoms with van der Waals surface area (Å²) in [6.45, 7) is 6.95. The first-order valence-electron chi connectivity index (χ1n) is 8.47. The highest BCUT2D eigenvalue weighted by molar-refractivity contribution is 5.38. The molecular formula is C18H28N2O. The smallest absolute Gasteiger partial charge is 0.119 e. The number of nitrogens with zero attached hydrogens (tertiary/aromatic N) is 2. The van der Waals surface area contributed by atoms with E-state index in [-0.39, 0.29) is 0 Å². The number of unbranched alkanes of at least 4 members (excludes halogenated alkanes) is 1. The first kappa shape index (κ1) is 14.9. The monoisotopic (exact) mass is 288 g/mol. The number of piperazine rings is 1. The standard InChI is InChI=1S/C18H28N2O/c1-19-10-12-20(13-11-19)9-2-3-14-21-18-8-7-16-5-4-6-17(16)15-18/h7-8,15H,2-6,9-14H2,1H3. The Balaban J connectivity index is 1.31. The molecule has 0 aromatic heterocycles. The van der Waals surface area contributed by atoms with E-state index in [4.69, 9.17) is 4.74 Å². The second-order valence-corrected chi connectivity index (χ2v) is 6.48. The molecule has 116 valence electrons. The summed E-state index contributed by atoms with van der Waals surface area (Å²) < 4.78 is 5.91. The van der Waals surface area contributed by atoms with E-state index in [0.717, 1.165) is 18.8 Å². The maximum Gasteiger partial charge on any atom is 0.119 e. The fourth-order valence-electron chi connectivity index (χ4n) is 3.34. The second-order valence-electron chi connectivity index (χ2n) is 6.48. The van der Waals surface area contributed by atoms with E-state index in [1.54, 1.807) is 0 Å². The van der Waals surface area contributed by atoms with Crippen LogP contribution in [0.5, 0.6) is 5.75 Å². The van der Waals surface area contributed by atoms with Crippen LogP contribution < -0.4 is 4.74 Å². The SMILES string of the molecule is CN1CCN(CCCCOc2ccc3c(c2)CCC3)CC1. The van der Waals surface area contributed by atoms with Crippen molar-refractivity contribution in [1.29, 1.82) is 0 Å². The van der Waals surface area contributed by atoms with Crippen LogP contribution >= 0.6 is 0 Å². The lowest BCUT2D eigenvalue weighted by Gasteiger charge is -2.32. The van der Waals surface area contributed by atoms with Gasteiger partial charge in [0.25, 0.3) is 0 Å². The Labute approximate surface area is 128 Å². The molecule has 1 aliphatic heterocycles. The number of fused-ring (bicyclic) bond motifs is 1. The Morgan fingerprint density at radius 2 is 1.81 bits per heavy atom. The highest BCUT2D eigenvalue weighted by Gasteiger charge is 2.13. The predicted molar refractivity (Wildman–Crippen MR) is 87.1 cm³/mol. The van der Waals surface area contributed by atoms with E-state index < -0.39 is 0 Å². The molecule has 0 unspecified atom stereocenters. The fraction of sp³-hybridized carbons (Fsp3) is 0.667. The van der Waals surface area contributed by atoms with Crippen molar-refractivity contribution < 1.29 is 4.74 Å². The summed E-state index contributed by atoms with van der Waals surface area (Å²) in [5.41, 5.74) is 3.03. The van der Waals surface area contributed by atoms with Gasteiger partial charge in [-0.25, -0.2) is 0 Å². The van der Waals surface area contributed by atoms with Crippen molar-refractivity contribution in [2.45, 2.75) is 32.1 Å². The van der Waals surface area contributed by atoms with Gasteiger partial charge in [0.05, 0.1) is 6.61 Å². The van der Waals surface area contributed by atoms with E-state index >= 15 is 0 Å². The van der Waals surface area contributed by atoms with Gasteiger partial charge in [-0.3, -0.25) is 0 Å². The lowest BCUT2D eigenvalue weighted by Crippen LogP contribution is -2.44. The molecule has 1 fully saturated rings. The third-order valence-electron chi connectivity index (χ3n) is 4.80. The van der Waals surface area contributed by atoms with Gasteiger partial charge in [0.15, 0.2) is 0 Å². The molecule has 2 aliphatic rings. The molecule has 1 saturated heterocycles. The minimum Gasteiger partial charge on any atom is -0.494 e. The van der Waals surface area contributed by atoms with Crippen molar-refractivity contribution in [3.8, 4) is 5.75 Å². The Bertz CT molecular complexity index is 453. The maximum absolute atomic E-state index is 5.91. The maximum atomic E-state index is 5.91. The van der Waals surface area contributed by atoms with Crippen molar-refractivity contribution in [1.82, 2.24) is 9.80 Å². The highest BCUT2D eigenvalue weighted by Crippen LogP contribution is 2.26. The Morgan fingerprint density at radius 3 is 2.67 bits per heavy atom. The summed E-state index contributed by atoms with van der Waals surface area (Å²) in [6.07, 6.45) is 6.19. The van der Waals surface area contributed by atoms with Crippen LogP contribution in [0.2, 0.25) is 0 Å². The van der Waals surface area contributed by atoms with Crippen LogP contribution in [0.1, 0.15) is 30.4 Å². The summed E-state index contributed by atoms with van der Waals surface area (Å²) in [5.74, 6) is 1.07. The number of aryl methyl sites for hydroxylation is 2. The summed E-state index contributed by atoms with van der Waals surface area (Å²) in [4.78, 5) is 4.99. The summed E-state index contributed by atoms with van der Waals surface area (Å²) >= 11 is 0. The zero-order valence-corrected chi connectivity index (χ0v) is 13.3. The molecule has 1 heterocycles. The summed E-state index contributed by atoms with van der Waals surface area (Å²) in [5, 5.41) is 0. The number of ether oxygens (including phenoxy) is 1. The van der Waals surface area contributed by atoms with E-state index in [0.29, 0.717) is 0 Å². The molecule has 3 nitrogen and oxygen atoms in total. The Kier molecular flexibility index (Phi) is 5.15. The van der Waals surface area contributed by atoms with Crippen LogP contribution in [0.3, 0.4) is 0 Å².